The molecule has 25 heavy (non-hydrogen) atoms. The predicted molar refractivity (Wildman–Crippen MR) is 103 cm³/mol. The van der Waals surface area contributed by atoms with Crippen LogP contribution in [-0.4, -0.2) is 34.4 Å². The quantitative estimate of drug-likeness (QED) is 0.803. The van der Waals surface area contributed by atoms with Gasteiger partial charge in [-0.05, 0) is 48.1 Å². The highest BCUT2D eigenvalue weighted by atomic mass is 32.1. The van der Waals surface area contributed by atoms with Crippen LogP contribution in [0.25, 0.3) is 0 Å². The number of hydrogen-bond donors (Lipinski definition) is 1. The number of carbonyl (C=O) groups excluding carboxylic acids is 1. The Labute approximate surface area is 157 Å². The number of nitrogens with zero attached hydrogens (tertiary/aromatic N) is 2. The van der Waals surface area contributed by atoms with Gasteiger partial charge in [-0.2, -0.15) is 11.3 Å². The Hall–Kier alpha value is -1.24. The Balaban J connectivity index is 1.42. The molecule has 2 aromatic heterocycles. The number of amides is 1. The van der Waals surface area contributed by atoms with Crippen molar-refractivity contribution in [1.82, 2.24) is 15.2 Å². The molecule has 0 saturated carbocycles. The lowest BCUT2D eigenvalue weighted by molar-refractivity contribution is -0.133. The molecule has 0 aliphatic carbocycles. The maximum absolute atomic E-state index is 13.1. The van der Waals surface area contributed by atoms with Crippen molar-refractivity contribution in [2.45, 2.75) is 57.7 Å². The van der Waals surface area contributed by atoms with Crippen LogP contribution >= 0.6 is 22.7 Å². The van der Waals surface area contributed by atoms with E-state index in [4.69, 9.17) is 0 Å². The zero-order valence-electron chi connectivity index (χ0n) is 14.6. The lowest BCUT2D eigenvalue weighted by Crippen LogP contribution is -2.49. The lowest BCUT2D eigenvalue weighted by Gasteiger charge is -2.35. The number of hydrogen-bond acceptors (Lipinski definition) is 5. The van der Waals surface area contributed by atoms with Gasteiger partial charge in [0.1, 0.15) is 0 Å². The Morgan fingerprint density at radius 3 is 3.08 bits per heavy atom. The lowest BCUT2D eigenvalue weighted by atomic mass is 9.71. The number of fused-ring (bicyclic) bond motifs is 2. The van der Waals surface area contributed by atoms with Crippen molar-refractivity contribution >= 4 is 28.6 Å². The Bertz CT molecular complexity index is 700. The maximum atomic E-state index is 13.1. The minimum atomic E-state index is -0.207. The minimum Gasteiger partial charge on any atom is -0.355 e. The second-order valence-electron chi connectivity index (χ2n) is 7.20. The summed E-state index contributed by atoms with van der Waals surface area (Å²) in [5, 5.41) is 10.7. The minimum absolute atomic E-state index is 0.207. The molecule has 0 aromatic carbocycles. The largest absolute Gasteiger partial charge is 0.355 e. The van der Waals surface area contributed by atoms with Gasteiger partial charge >= 0.3 is 0 Å². The van der Waals surface area contributed by atoms with E-state index in [1.54, 1.807) is 22.7 Å². The van der Waals surface area contributed by atoms with Crippen LogP contribution in [0.5, 0.6) is 0 Å². The van der Waals surface area contributed by atoms with Gasteiger partial charge in [0.25, 0.3) is 0 Å². The third kappa shape index (κ3) is 3.15. The highest BCUT2D eigenvalue weighted by molar-refractivity contribution is 7.09. The second kappa shape index (κ2) is 7.17. The predicted octanol–water partition coefficient (Wildman–Crippen LogP) is 3.70. The van der Waals surface area contributed by atoms with E-state index < -0.39 is 0 Å². The van der Waals surface area contributed by atoms with Crippen molar-refractivity contribution < 1.29 is 4.79 Å². The van der Waals surface area contributed by atoms with E-state index in [-0.39, 0.29) is 11.3 Å². The molecule has 0 unspecified atom stereocenters. The van der Waals surface area contributed by atoms with Gasteiger partial charge in [0.2, 0.25) is 5.91 Å². The van der Waals surface area contributed by atoms with Crippen molar-refractivity contribution in [2.75, 3.05) is 6.54 Å². The molecule has 0 radical (unpaired) electrons. The molecule has 4 rings (SSSR count). The topological polar surface area (TPSA) is 45.2 Å². The first kappa shape index (κ1) is 17.2. The average Bonchev–Trinajstić information content (AvgIpc) is 3.40. The van der Waals surface area contributed by atoms with Crippen LogP contribution in [0.1, 0.15) is 43.2 Å². The number of aromatic nitrogens is 1. The molecule has 134 valence electrons. The van der Waals surface area contributed by atoms with E-state index in [0.29, 0.717) is 18.6 Å². The molecule has 2 aliphatic rings. The zero-order chi connectivity index (χ0) is 17.3. The summed E-state index contributed by atoms with van der Waals surface area (Å²) < 4.78 is 0. The Morgan fingerprint density at radius 1 is 1.44 bits per heavy atom. The molecule has 1 N–H and O–H groups in total. The molecule has 4 nitrogen and oxygen atoms in total. The van der Waals surface area contributed by atoms with Crippen molar-refractivity contribution in [3.05, 3.63) is 39.0 Å². The fourth-order valence-electron chi connectivity index (χ4n) is 4.76. The third-order valence-electron chi connectivity index (χ3n) is 6.02. The number of thiophene rings is 1. The number of thiazole rings is 1. The van der Waals surface area contributed by atoms with E-state index in [2.05, 4.69) is 39.0 Å². The zero-order valence-corrected chi connectivity index (χ0v) is 16.2. The molecule has 2 aromatic rings. The summed E-state index contributed by atoms with van der Waals surface area (Å²) in [6, 6.07) is 3.17. The van der Waals surface area contributed by atoms with E-state index in [1.807, 2.05) is 11.6 Å². The van der Waals surface area contributed by atoms with Gasteiger partial charge in [-0.25, -0.2) is 4.98 Å². The van der Waals surface area contributed by atoms with Gasteiger partial charge in [0.15, 0.2) is 0 Å². The average molecular weight is 376 g/mol. The monoisotopic (exact) mass is 375 g/mol. The summed E-state index contributed by atoms with van der Waals surface area (Å²) in [5.41, 5.74) is 1.18. The summed E-state index contributed by atoms with van der Waals surface area (Å²) in [4.78, 5) is 20.0. The number of carbonyl (C=O) groups is 1. The van der Waals surface area contributed by atoms with Crippen LogP contribution in [0.4, 0.5) is 0 Å². The van der Waals surface area contributed by atoms with Gasteiger partial charge in [0, 0.05) is 43.2 Å². The SMILES string of the molecule is CC[C@@]1(C(=O)NCCc2nccs2)C[C@@H]2CC[C@H]1N2Cc1ccsc1. The first-order valence-corrected chi connectivity index (χ1v) is 11.0. The van der Waals surface area contributed by atoms with Crippen LogP contribution in [0.3, 0.4) is 0 Å². The smallest absolute Gasteiger partial charge is 0.227 e. The fourth-order valence-corrected chi connectivity index (χ4v) is 6.04. The van der Waals surface area contributed by atoms with Gasteiger partial charge in [-0.3, -0.25) is 9.69 Å². The second-order valence-corrected chi connectivity index (χ2v) is 8.96. The molecule has 2 saturated heterocycles. The van der Waals surface area contributed by atoms with E-state index in [1.165, 1.54) is 12.0 Å². The molecule has 2 bridgehead atoms. The van der Waals surface area contributed by atoms with Crippen molar-refractivity contribution in [3.8, 4) is 0 Å². The summed E-state index contributed by atoms with van der Waals surface area (Å²) in [6.45, 7) is 3.87. The van der Waals surface area contributed by atoms with Crippen molar-refractivity contribution in [2.24, 2.45) is 5.41 Å². The van der Waals surface area contributed by atoms with Crippen LogP contribution < -0.4 is 5.32 Å². The van der Waals surface area contributed by atoms with E-state index in [0.717, 1.165) is 37.2 Å². The molecule has 2 fully saturated rings. The molecule has 4 heterocycles. The van der Waals surface area contributed by atoms with Gasteiger partial charge in [0.05, 0.1) is 10.4 Å². The fraction of sp³-hybridized carbons (Fsp3) is 0.579. The molecule has 3 atom stereocenters. The van der Waals surface area contributed by atoms with Crippen LogP contribution in [-0.2, 0) is 17.8 Å². The normalized spacial score (nSPS) is 28.5. The molecule has 1 amide bonds. The summed E-state index contributed by atoms with van der Waals surface area (Å²) in [5.74, 6) is 0.258. The van der Waals surface area contributed by atoms with E-state index in [9.17, 15) is 4.79 Å². The third-order valence-corrected chi connectivity index (χ3v) is 7.59. The van der Waals surface area contributed by atoms with Crippen LogP contribution in [0.2, 0.25) is 0 Å². The van der Waals surface area contributed by atoms with Gasteiger partial charge in [-0.1, -0.05) is 6.92 Å². The summed E-state index contributed by atoms with van der Waals surface area (Å²) in [7, 11) is 0. The van der Waals surface area contributed by atoms with E-state index >= 15 is 0 Å². The highest BCUT2D eigenvalue weighted by Crippen LogP contribution is 2.52. The molecular formula is C19H25N3OS2. The maximum Gasteiger partial charge on any atom is 0.227 e. The summed E-state index contributed by atoms with van der Waals surface area (Å²) in [6.07, 6.45) is 6.99. The first-order valence-electron chi connectivity index (χ1n) is 9.16. The van der Waals surface area contributed by atoms with Crippen LogP contribution in [0, 0.1) is 5.41 Å². The standard InChI is InChI=1S/C19H25N3OS2/c1-2-19(18(23)21-7-5-17-20-8-10-25-17)11-15-3-4-16(19)22(15)12-14-6-9-24-13-14/h6,8-10,13,15-16H,2-5,7,11-12H2,1H3,(H,21,23)/t15-,16+,19+/m0/s1. The van der Waals surface area contributed by atoms with Gasteiger partial charge in [-0.15, -0.1) is 11.3 Å². The molecule has 0 spiro atoms. The van der Waals surface area contributed by atoms with Crippen molar-refractivity contribution in [3.63, 3.8) is 0 Å². The first-order chi connectivity index (χ1) is 12.2. The number of rotatable bonds is 7. The highest BCUT2D eigenvalue weighted by Gasteiger charge is 2.58. The molecular weight excluding hydrogens is 350 g/mol. The van der Waals surface area contributed by atoms with Crippen LogP contribution in [0.15, 0.2) is 28.4 Å². The molecule has 6 heteroatoms. The van der Waals surface area contributed by atoms with Gasteiger partial charge < -0.3 is 5.32 Å². The molecule has 2 aliphatic heterocycles. The summed E-state index contributed by atoms with van der Waals surface area (Å²) >= 11 is 3.41. The number of nitrogens with one attached hydrogen (secondary N) is 1. The van der Waals surface area contributed by atoms with Crippen molar-refractivity contribution in [1.29, 1.82) is 0 Å². The Morgan fingerprint density at radius 2 is 2.36 bits per heavy atom. The Kier molecular flexibility index (Phi) is 4.93.